The minimum absolute atomic E-state index is 0.370. The molecule has 0 saturated heterocycles. The molecule has 0 spiro atoms. The summed E-state index contributed by atoms with van der Waals surface area (Å²) in [5.74, 6) is 0.693. The molecule has 0 amide bonds. The highest BCUT2D eigenvalue weighted by molar-refractivity contribution is 6.33. The Hall–Kier alpha value is -1.29. The molecular formula is C8H7ClN4. The lowest BCUT2D eigenvalue weighted by Gasteiger charge is -1.99. The molecule has 66 valence electrons. The molecule has 0 radical (unpaired) electrons. The van der Waals surface area contributed by atoms with Crippen LogP contribution in [0.3, 0.4) is 0 Å². The van der Waals surface area contributed by atoms with E-state index in [1.165, 1.54) is 0 Å². The van der Waals surface area contributed by atoms with Gasteiger partial charge in [0, 0.05) is 18.8 Å². The number of rotatable bonds is 1. The van der Waals surface area contributed by atoms with E-state index < -0.39 is 0 Å². The molecule has 0 unspecified atom stereocenters. The van der Waals surface area contributed by atoms with Gasteiger partial charge >= 0.3 is 0 Å². The normalized spacial score (nSPS) is 10.6. The van der Waals surface area contributed by atoms with E-state index in [2.05, 4.69) is 19.9 Å². The maximum absolute atomic E-state index is 5.89. The first-order valence-electron chi connectivity index (χ1n) is 3.94. The van der Waals surface area contributed by atoms with Crippen LogP contribution in [0.2, 0.25) is 5.15 Å². The molecule has 2 aromatic rings. The van der Waals surface area contributed by atoms with E-state index in [1.807, 2.05) is 6.92 Å². The van der Waals surface area contributed by atoms with Gasteiger partial charge in [-0.2, -0.15) is 0 Å². The minimum Gasteiger partial charge on any atom is -0.248 e. The Morgan fingerprint density at radius 1 is 1.23 bits per heavy atom. The van der Waals surface area contributed by atoms with Crippen LogP contribution in [0.5, 0.6) is 0 Å². The minimum atomic E-state index is 0.370. The summed E-state index contributed by atoms with van der Waals surface area (Å²) in [5.41, 5.74) is 1.11. The van der Waals surface area contributed by atoms with Gasteiger partial charge in [0.15, 0.2) is 10.8 Å². The third-order valence-electron chi connectivity index (χ3n) is 1.65. The molecule has 5 heteroatoms. The number of aromatic nitrogens is 4. The van der Waals surface area contributed by atoms with Crippen LogP contribution in [-0.2, 0) is 6.42 Å². The average Bonchev–Trinajstić information content (AvgIpc) is 2.18. The first kappa shape index (κ1) is 8.31. The number of fused-ring (bicyclic) bond motifs is 1. The zero-order valence-corrected chi connectivity index (χ0v) is 7.78. The van der Waals surface area contributed by atoms with Crippen molar-refractivity contribution in [1.82, 2.24) is 19.9 Å². The maximum Gasteiger partial charge on any atom is 0.183 e. The molecule has 0 aliphatic rings. The van der Waals surface area contributed by atoms with Crippen LogP contribution < -0.4 is 0 Å². The van der Waals surface area contributed by atoms with Crippen molar-refractivity contribution < 1.29 is 0 Å². The van der Waals surface area contributed by atoms with E-state index in [0.717, 1.165) is 6.42 Å². The highest BCUT2D eigenvalue weighted by Crippen LogP contribution is 2.15. The van der Waals surface area contributed by atoms with E-state index in [4.69, 9.17) is 11.6 Å². The number of aryl methyl sites for hydroxylation is 1. The third-order valence-corrected chi connectivity index (χ3v) is 1.92. The smallest absolute Gasteiger partial charge is 0.183 e. The third kappa shape index (κ3) is 1.45. The highest BCUT2D eigenvalue weighted by atomic mass is 35.5. The molecule has 0 saturated carbocycles. The standard InChI is InChI=1S/C8H7ClN4/c1-2-5-12-7(9)6-8(13-5)11-4-3-10-6/h3-4H,2H2,1H3. The summed E-state index contributed by atoms with van der Waals surface area (Å²) in [6.45, 7) is 1.97. The van der Waals surface area contributed by atoms with E-state index in [-0.39, 0.29) is 0 Å². The summed E-state index contributed by atoms with van der Waals surface area (Å²) in [4.78, 5) is 16.3. The van der Waals surface area contributed by atoms with Gasteiger partial charge < -0.3 is 0 Å². The van der Waals surface area contributed by atoms with Crippen molar-refractivity contribution in [3.8, 4) is 0 Å². The van der Waals surface area contributed by atoms with Crippen molar-refractivity contribution in [3.05, 3.63) is 23.4 Å². The van der Waals surface area contributed by atoms with Crippen molar-refractivity contribution in [1.29, 1.82) is 0 Å². The van der Waals surface area contributed by atoms with Crippen molar-refractivity contribution >= 4 is 22.8 Å². The molecule has 0 N–H and O–H groups in total. The maximum atomic E-state index is 5.89. The fraction of sp³-hybridized carbons (Fsp3) is 0.250. The van der Waals surface area contributed by atoms with Crippen LogP contribution in [0.4, 0.5) is 0 Å². The zero-order valence-electron chi connectivity index (χ0n) is 7.03. The molecule has 0 atom stereocenters. The summed E-state index contributed by atoms with van der Waals surface area (Å²) in [6, 6.07) is 0. The van der Waals surface area contributed by atoms with E-state index in [9.17, 15) is 0 Å². The van der Waals surface area contributed by atoms with E-state index in [0.29, 0.717) is 22.1 Å². The number of hydrogen-bond acceptors (Lipinski definition) is 4. The Bertz CT molecular complexity index is 443. The second-order valence-corrected chi connectivity index (χ2v) is 2.87. The molecule has 0 aliphatic heterocycles. The Morgan fingerprint density at radius 3 is 2.77 bits per heavy atom. The monoisotopic (exact) mass is 194 g/mol. The molecule has 0 bridgehead atoms. The Kier molecular flexibility index (Phi) is 2.06. The van der Waals surface area contributed by atoms with Crippen molar-refractivity contribution in [2.24, 2.45) is 0 Å². The van der Waals surface area contributed by atoms with Gasteiger partial charge in [0.1, 0.15) is 11.3 Å². The first-order chi connectivity index (χ1) is 6.31. The topological polar surface area (TPSA) is 51.6 Å². The fourth-order valence-corrected chi connectivity index (χ4v) is 1.26. The van der Waals surface area contributed by atoms with Crippen LogP contribution in [0.25, 0.3) is 11.2 Å². The summed E-state index contributed by atoms with van der Waals surface area (Å²) in [6.07, 6.45) is 3.90. The Morgan fingerprint density at radius 2 is 2.00 bits per heavy atom. The van der Waals surface area contributed by atoms with Crippen LogP contribution >= 0.6 is 11.6 Å². The zero-order chi connectivity index (χ0) is 9.26. The van der Waals surface area contributed by atoms with E-state index in [1.54, 1.807) is 12.4 Å². The quantitative estimate of drug-likeness (QED) is 0.648. The van der Waals surface area contributed by atoms with Gasteiger partial charge in [-0.1, -0.05) is 18.5 Å². The van der Waals surface area contributed by atoms with Gasteiger partial charge in [-0.25, -0.2) is 19.9 Å². The summed E-state index contributed by atoms with van der Waals surface area (Å²) < 4.78 is 0. The second-order valence-electron chi connectivity index (χ2n) is 2.51. The SMILES string of the molecule is CCc1nc(Cl)c2nccnc2n1. The Balaban J connectivity index is 2.77. The molecule has 0 aliphatic carbocycles. The van der Waals surface area contributed by atoms with Gasteiger partial charge in [0.05, 0.1) is 0 Å². The number of hydrogen-bond donors (Lipinski definition) is 0. The predicted molar refractivity (Wildman–Crippen MR) is 49.5 cm³/mol. The summed E-state index contributed by atoms with van der Waals surface area (Å²) in [5, 5.41) is 0.370. The van der Waals surface area contributed by atoms with Crippen molar-refractivity contribution in [2.75, 3.05) is 0 Å². The van der Waals surface area contributed by atoms with Crippen LogP contribution in [0.15, 0.2) is 12.4 Å². The van der Waals surface area contributed by atoms with Crippen LogP contribution in [0.1, 0.15) is 12.7 Å². The lowest BCUT2D eigenvalue weighted by molar-refractivity contribution is 0.948. The number of nitrogens with zero attached hydrogens (tertiary/aromatic N) is 4. The molecule has 4 nitrogen and oxygen atoms in total. The van der Waals surface area contributed by atoms with E-state index >= 15 is 0 Å². The fourth-order valence-electron chi connectivity index (χ4n) is 1.03. The van der Waals surface area contributed by atoms with Gasteiger partial charge in [0.2, 0.25) is 0 Å². The van der Waals surface area contributed by atoms with Gasteiger partial charge in [-0.05, 0) is 0 Å². The Labute approximate surface area is 80.0 Å². The molecular weight excluding hydrogens is 188 g/mol. The summed E-state index contributed by atoms with van der Waals surface area (Å²) in [7, 11) is 0. The van der Waals surface area contributed by atoms with Crippen LogP contribution in [-0.4, -0.2) is 19.9 Å². The molecule has 2 heterocycles. The lowest BCUT2D eigenvalue weighted by atomic mass is 10.4. The van der Waals surface area contributed by atoms with Crippen molar-refractivity contribution in [3.63, 3.8) is 0 Å². The number of halogens is 1. The molecule has 0 fully saturated rings. The lowest BCUT2D eigenvalue weighted by Crippen LogP contribution is -1.97. The molecule has 2 rings (SSSR count). The highest BCUT2D eigenvalue weighted by Gasteiger charge is 2.05. The molecule has 0 aromatic carbocycles. The van der Waals surface area contributed by atoms with Crippen molar-refractivity contribution in [2.45, 2.75) is 13.3 Å². The van der Waals surface area contributed by atoms with Crippen LogP contribution in [0, 0.1) is 0 Å². The molecule has 2 aromatic heterocycles. The summed E-state index contributed by atoms with van der Waals surface area (Å²) >= 11 is 5.89. The van der Waals surface area contributed by atoms with Gasteiger partial charge in [-0.3, -0.25) is 0 Å². The molecule has 13 heavy (non-hydrogen) atoms. The van der Waals surface area contributed by atoms with Gasteiger partial charge in [-0.15, -0.1) is 0 Å². The van der Waals surface area contributed by atoms with Gasteiger partial charge in [0.25, 0.3) is 0 Å². The largest absolute Gasteiger partial charge is 0.248 e. The first-order valence-corrected chi connectivity index (χ1v) is 4.32. The second kappa shape index (κ2) is 3.22. The average molecular weight is 195 g/mol. The predicted octanol–water partition coefficient (Wildman–Crippen LogP) is 1.64.